The zero-order chi connectivity index (χ0) is 13.9. The van der Waals surface area contributed by atoms with Crippen LogP contribution in [0.1, 0.15) is 30.4 Å². The molecular weight excluding hydrogens is 258 g/mol. The second kappa shape index (κ2) is 5.34. The molecular formula is C14H15N3O3. The third-order valence-electron chi connectivity index (χ3n) is 2.99. The Balaban J connectivity index is 1.61. The molecule has 6 heteroatoms. The highest BCUT2D eigenvalue weighted by atomic mass is 16.5. The van der Waals surface area contributed by atoms with Crippen molar-refractivity contribution < 1.29 is 13.4 Å². The van der Waals surface area contributed by atoms with E-state index in [4.69, 9.17) is 13.4 Å². The van der Waals surface area contributed by atoms with E-state index in [1.54, 1.807) is 18.6 Å². The van der Waals surface area contributed by atoms with Crippen LogP contribution in [-0.2, 0) is 6.54 Å². The van der Waals surface area contributed by atoms with Gasteiger partial charge in [-0.25, -0.2) is 0 Å². The summed E-state index contributed by atoms with van der Waals surface area (Å²) in [5.41, 5.74) is 0.801. The summed E-state index contributed by atoms with van der Waals surface area (Å²) in [5.74, 6) is 2.83. The highest BCUT2D eigenvalue weighted by molar-refractivity contribution is 5.51. The predicted molar refractivity (Wildman–Crippen MR) is 70.7 cm³/mol. The van der Waals surface area contributed by atoms with E-state index >= 15 is 0 Å². The molecule has 0 saturated carbocycles. The molecule has 0 radical (unpaired) electrons. The summed E-state index contributed by atoms with van der Waals surface area (Å²) >= 11 is 0. The molecule has 1 atom stereocenters. The third-order valence-corrected chi connectivity index (χ3v) is 2.99. The number of nitrogens with one attached hydrogen (secondary N) is 1. The zero-order valence-corrected chi connectivity index (χ0v) is 11.3. The lowest BCUT2D eigenvalue weighted by Gasteiger charge is -2.08. The molecule has 0 aliphatic rings. The van der Waals surface area contributed by atoms with Crippen molar-refractivity contribution in [3.8, 4) is 11.4 Å². The minimum atomic E-state index is 0.0768. The van der Waals surface area contributed by atoms with Gasteiger partial charge in [0.05, 0.1) is 24.4 Å². The van der Waals surface area contributed by atoms with Crippen molar-refractivity contribution in [2.24, 2.45) is 0 Å². The standard InChI is InChI=1S/C14H15N3O3/c1-9-3-4-12(19-9)10(2)15-7-13-16-14(17-20-13)11-5-6-18-8-11/h3-6,8,10,15H,7H2,1-2H3/t10-/m1/s1. The van der Waals surface area contributed by atoms with Gasteiger partial charge in [0.25, 0.3) is 0 Å². The first-order valence-corrected chi connectivity index (χ1v) is 6.37. The fourth-order valence-electron chi connectivity index (χ4n) is 1.86. The van der Waals surface area contributed by atoms with Gasteiger partial charge in [-0.05, 0) is 32.0 Å². The smallest absolute Gasteiger partial charge is 0.240 e. The number of aromatic nitrogens is 2. The van der Waals surface area contributed by atoms with Gasteiger partial charge in [-0.15, -0.1) is 0 Å². The second-order valence-electron chi connectivity index (χ2n) is 4.57. The van der Waals surface area contributed by atoms with Gasteiger partial charge in [0.2, 0.25) is 11.7 Å². The monoisotopic (exact) mass is 273 g/mol. The van der Waals surface area contributed by atoms with Crippen LogP contribution >= 0.6 is 0 Å². The van der Waals surface area contributed by atoms with Crippen LogP contribution in [0.25, 0.3) is 11.4 Å². The largest absolute Gasteiger partial charge is 0.472 e. The maximum atomic E-state index is 5.56. The first kappa shape index (κ1) is 12.7. The molecule has 104 valence electrons. The fraction of sp³-hybridized carbons (Fsp3) is 0.286. The first-order valence-electron chi connectivity index (χ1n) is 6.37. The molecule has 0 aliphatic heterocycles. The molecule has 0 aliphatic carbocycles. The number of nitrogens with zero attached hydrogens (tertiary/aromatic N) is 2. The van der Waals surface area contributed by atoms with Gasteiger partial charge in [-0.2, -0.15) is 4.98 Å². The Morgan fingerprint density at radius 1 is 1.30 bits per heavy atom. The van der Waals surface area contributed by atoms with Gasteiger partial charge in [-0.3, -0.25) is 5.32 Å². The van der Waals surface area contributed by atoms with E-state index in [1.807, 2.05) is 26.0 Å². The molecule has 3 aromatic rings. The Morgan fingerprint density at radius 3 is 2.90 bits per heavy atom. The van der Waals surface area contributed by atoms with Crippen molar-refractivity contribution in [3.63, 3.8) is 0 Å². The highest BCUT2D eigenvalue weighted by Crippen LogP contribution is 2.18. The van der Waals surface area contributed by atoms with Crippen molar-refractivity contribution in [1.29, 1.82) is 0 Å². The van der Waals surface area contributed by atoms with Gasteiger partial charge in [0.15, 0.2) is 0 Å². The normalized spacial score (nSPS) is 12.7. The number of hydrogen-bond donors (Lipinski definition) is 1. The number of furan rings is 2. The zero-order valence-electron chi connectivity index (χ0n) is 11.3. The topological polar surface area (TPSA) is 77.2 Å². The molecule has 1 N–H and O–H groups in total. The van der Waals surface area contributed by atoms with Crippen LogP contribution < -0.4 is 5.32 Å². The number of hydrogen-bond acceptors (Lipinski definition) is 6. The molecule has 0 fully saturated rings. The lowest BCUT2D eigenvalue weighted by molar-refractivity contribution is 0.348. The van der Waals surface area contributed by atoms with E-state index in [0.29, 0.717) is 18.3 Å². The molecule has 0 spiro atoms. The average molecular weight is 273 g/mol. The molecule has 0 saturated heterocycles. The van der Waals surface area contributed by atoms with Crippen LogP contribution in [0, 0.1) is 6.92 Å². The number of rotatable bonds is 5. The molecule has 0 amide bonds. The van der Waals surface area contributed by atoms with E-state index < -0.39 is 0 Å². The summed E-state index contributed by atoms with van der Waals surface area (Å²) in [6, 6.07) is 5.76. The number of aryl methyl sites for hydroxylation is 1. The van der Waals surface area contributed by atoms with Crippen LogP contribution in [0.15, 0.2) is 44.1 Å². The molecule has 0 aromatic carbocycles. The fourth-order valence-corrected chi connectivity index (χ4v) is 1.86. The van der Waals surface area contributed by atoms with Gasteiger partial charge in [0.1, 0.15) is 17.8 Å². The van der Waals surface area contributed by atoms with Gasteiger partial charge < -0.3 is 13.4 Å². The Bertz CT molecular complexity index is 669. The SMILES string of the molecule is Cc1ccc([C@@H](C)NCc2nc(-c3ccoc3)no2)o1. The predicted octanol–water partition coefficient (Wildman–Crippen LogP) is 3.08. The lowest BCUT2D eigenvalue weighted by atomic mass is 10.2. The minimum absolute atomic E-state index is 0.0768. The van der Waals surface area contributed by atoms with Gasteiger partial charge >= 0.3 is 0 Å². The summed E-state index contributed by atoms with van der Waals surface area (Å²) in [7, 11) is 0. The summed E-state index contributed by atoms with van der Waals surface area (Å²) in [6.07, 6.45) is 3.15. The van der Waals surface area contributed by atoms with Crippen LogP contribution in [0.5, 0.6) is 0 Å². The summed E-state index contributed by atoms with van der Waals surface area (Å²) in [5, 5.41) is 7.18. The molecule has 3 aromatic heterocycles. The van der Waals surface area contributed by atoms with E-state index in [-0.39, 0.29) is 6.04 Å². The Labute approximate surface area is 115 Å². The van der Waals surface area contributed by atoms with Gasteiger partial charge in [-0.1, -0.05) is 5.16 Å². The van der Waals surface area contributed by atoms with E-state index in [1.165, 1.54) is 0 Å². The van der Waals surface area contributed by atoms with Crippen molar-refractivity contribution in [2.75, 3.05) is 0 Å². The summed E-state index contributed by atoms with van der Waals surface area (Å²) in [4.78, 5) is 4.29. The second-order valence-corrected chi connectivity index (χ2v) is 4.57. The van der Waals surface area contributed by atoms with Crippen LogP contribution in [0.3, 0.4) is 0 Å². The van der Waals surface area contributed by atoms with E-state index in [0.717, 1.165) is 17.1 Å². The molecule has 0 bridgehead atoms. The van der Waals surface area contributed by atoms with Crippen molar-refractivity contribution in [3.05, 3.63) is 48.1 Å². The molecule has 20 heavy (non-hydrogen) atoms. The van der Waals surface area contributed by atoms with Crippen molar-refractivity contribution in [1.82, 2.24) is 15.5 Å². The maximum absolute atomic E-state index is 5.56. The van der Waals surface area contributed by atoms with Crippen LogP contribution in [-0.4, -0.2) is 10.1 Å². The molecule has 6 nitrogen and oxygen atoms in total. The molecule has 0 unspecified atom stereocenters. The Kier molecular flexibility index (Phi) is 3.39. The Morgan fingerprint density at radius 2 is 2.20 bits per heavy atom. The van der Waals surface area contributed by atoms with E-state index in [2.05, 4.69) is 15.5 Å². The Hall–Kier alpha value is -2.34. The molecule has 3 rings (SSSR count). The van der Waals surface area contributed by atoms with Crippen LogP contribution in [0.2, 0.25) is 0 Å². The highest BCUT2D eigenvalue weighted by Gasteiger charge is 2.13. The third kappa shape index (κ3) is 2.65. The first-order chi connectivity index (χ1) is 9.72. The van der Waals surface area contributed by atoms with E-state index in [9.17, 15) is 0 Å². The maximum Gasteiger partial charge on any atom is 0.240 e. The minimum Gasteiger partial charge on any atom is -0.472 e. The average Bonchev–Trinajstić information content (AvgIpc) is 3.16. The summed E-state index contributed by atoms with van der Waals surface area (Å²) in [6.45, 7) is 4.42. The molecule has 3 heterocycles. The van der Waals surface area contributed by atoms with Crippen LogP contribution in [0.4, 0.5) is 0 Å². The lowest BCUT2D eigenvalue weighted by Crippen LogP contribution is -2.17. The quantitative estimate of drug-likeness (QED) is 0.769. The van der Waals surface area contributed by atoms with Crippen molar-refractivity contribution >= 4 is 0 Å². The van der Waals surface area contributed by atoms with Gasteiger partial charge in [0, 0.05) is 0 Å². The summed E-state index contributed by atoms with van der Waals surface area (Å²) < 4.78 is 15.7. The van der Waals surface area contributed by atoms with Crippen molar-refractivity contribution in [2.45, 2.75) is 26.4 Å².